The summed E-state index contributed by atoms with van der Waals surface area (Å²) in [4.78, 5) is 25.0. The molecule has 4 rings (SSSR count). The van der Waals surface area contributed by atoms with Crippen molar-refractivity contribution in [1.82, 2.24) is 0 Å². The molecular weight excluding hydrogens is 532 g/mol. The normalized spacial score (nSPS) is 12.9. The minimum atomic E-state index is -3.90. The number of halogens is 2. The second kappa shape index (κ2) is 9.17. The first-order valence-electron chi connectivity index (χ1n) is 9.81. The Morgan fingerprint density at radius 3 is 2.64 bits per heavy atom. The molecule has 10 heteroatoms. The number of fused-ring (bicyclic) bond motifs is 1. The molecule has 0 unspecified atom stereocenters. The van der Waals surface area contributed by atoms with E-state index in [-0.39, 0.29) is 28.3 Å². The Morgan fingerprint density at radius 1 is 1.09 bits per heavy atom. The molecule has 1 N–H and O–H groups in total. The average molecular weight is 550 g/mol. The number of carbonyl (C=O) groups is 2. The number of hydrogen-bond donors (Lipinski definition) is 1. The van der Waals surface area contributed by atoms with Crippen LogP contribution in [-0.2, 0) is 21.2 Å². The van der Waals surface area contributed by atoms with Gasteiger partial charge in [-0.1, -0.05) is 33.6 Å². The molecule has 0 aliphatic carbocycles. The van der Waals surface area contributed by atoms with Gasteiger partial charge in [0.2, 0.25) is 0 Å². The second-order valence-corrected chi connectivity index (χ2v) is 10.5. The number of esters is 1. The Kier molecular flexibility index (Phi) is 6.47. The number of benzene rings is 3. The third kappa shape index (κ3) is 4.62. The van der Waals surface area contributed by atoms with E-state index >= 15 is 0 Å². The van der Waals surface area contributed by atoms with Gasteiger partial charge >= 0.3 is 5.97 Å². The van der Waals surface area contributed by atoms with Gasteiger partial charge in [0.25, 0.3) is 15.9 Å². The summed E-state index contributed by atoms with van der Waals surface area (Å²) in [5.74, 6) is -1.18. The molecular formula is C23H18BrClN2O5S. The van der Waals surface area contributed by atoms with Crippen LogP contribution in [0.4, 0.5) is 11.4 Å². The zero-order valence-electron chi connectivity index (χ0n) is 17.3. The first-order valence-corrected chi connectivity index (χ1v) is 12.4. The number of nitrogens with zero attached hydrogens (tertiary/aromatic N) is 1. The van der Waals surface area contributed by atoms with Crippen LogP contribution in [0.2, 0.25) is 5.02 Å². The van der Waals surface area contributed by atoms with Crippen molar-refractivity contribution in [3.8, 4) is 0 Å². The number of hydrogen-bond acceptors (Lipinski definition) is 5. The average Bonchev–Trinajstić information content (AvgIpc) is 3.23. The molecule has 0 saturated carbocycles. The number of anilines is 2. The summed E-state index contributed by atoms with van der Waals surface area (Å²) < 4.78 is 33.4. The molecule has 0 fully saturated rings. The quantitative estimate of drug-likeness (QED) is 0.457. The molecule has 1 aliphatic heterocycles. The number of rotatable bonds is 5. The maximum atomic E-state index is 13.3. The summed E-state index contributed by atoms with van der Waals surface area (Å²) >= 11 is 9.31. The van der Waals surface area contributed by atoms with E-state index in [1.165, 1.54) is 41.7 Å². The highest BCUT2D eigenvalue weighted by molar-refractivity contribution is 9.10. The van der Waals surface area contributed by atoms with Crippen molar-refractivity contribution in [2.75, 3.05) is 23.3 Å². The fourth-order valence-corrected chi connectivity index (χ4v) is 5.72. The van der Waals surface area contributed by atoms with E-state index in [1.54, 1.807) is 30.3 Å². The second-order valence-electron chi connectivity index (χ2n) is 7.26. The third-order valence-electron chi connectivity index (χ3n) is 5.21. The molecule has 3 aromatic carbocycles. The van der Waals surface area contributed by atoms with Crippen LogP contribution in [0.3, 0.4) is 0 Å². The van der Waals surface area contributed by atoms with Gasteiger partial charge in [0.15, 0.2) is 0 Å². The van der Waals surface area contributed by atoms with Crippen molar-refractivity contribution in [1.29, 1.82) is 0 Å². The molecule has 1 heterocycles. The summed E-state index contributed by atoms with van der Waals surface area (Å²) in [5.41, 5.74) is 1.97. The predicted molar refractivity (Wildman–Crippen MR) is 130 cm³/mol. The van der Waals surface area contributed by atoms with Crippen LogP contribution in [-0.4, -0.2) is 33.9 Å². The summed E-state index contributed by atoms with van der Waals surface area (Å²) in [6, 6.07) is 15.6. The van der Waals surface area contributed by atoms with Crippen molar-refractivity contribution < 1.29 is 22.7 Å². The van der Waals surface area contributed by atoms with Crippen LogP contribution in [0.5, 0.6) is 0 Å². The number of sulfonamides is 1. The SMILES string of the molecule is COC(=O)c1cc(Br)ccc1NC(=O)c1cccc(S(=O)(=O)N2CCc3cc(Cl)ccc32)c1. The molecule has 0 aromatic heterocycles. The van der Waals surface area contributed by atoms with E-state index in [9.17, 15) is 18.0 Å². The first-order chi connectivity index (χ1) is 15.7. The molecule has 0 saturated heterocycles. The minimum absolute atomic E-state index is 0.0121. The maximum Gasteiger partial charge on any atom is 0.340 e. The highest BCUT2D eigenvalue weighted by Gasteiger charge is 2.31. The fourth-order valence-electron chi connectivity index (χ4n) is 3.61. The van der Waals surface area contributed by atoms with Crippen molar-refractivity contribution in [2.45, 2.75) is 11.3 Å². The number of ether oxygens (including phenoxy) is 1. The lowest BCUT2D eigenvalue weighted by Crippen LogP contribution is -2.29. The lowest BCUT2D eigenvalue weighted by molar-refractivity contribution is 0.0602. The highest BCUT2D eigenvalue weighted by atomic mass is 79.9. The van der Waals surface area contributed by atoms with Gasteiger partial charge in [-0.25, -0.2) is 13.2 Å². The lowest BCUT2D eigenvalue weighted by atomic mass is 10.1. The van der Waals surface area contributed by atoms with Gasteiger partial charge < -0.3 is 10.1 Å². The number of methoxy groups -OCH3 is 1. The first kappa shape index (κ1) is 23.3. The van der Waals surface area contributed by atoms with Gasteiger partial charge in [0.05, 0.1) is 28.9 Å². The maximum absolute atomic E-state index is 13.3. The Hall–Kier alpha value is -2.88. The third-order valence-corrected chi connectivity index (χ3v) is 7.75. The van der Waals surface area contributed by atoms with E-state index in [0.717, 1.165) is 5.56 Å². The molecule has 170 valence electrons. The van der Waals surface area contributed by atoms with Crippen molar-refractivity contribution in [3.63, 3.8) is 0 Å². The molecule has 7 nitrogen and oxygen atoms in total. The van der Waals surface area contributed by atoms with Gasteiger partial charge in [-0.2, -0.15) is 0 Å². The molecule has 1 aliphatic rings. The fraction of sp³-hybridized carbons (Fsp3) is 0.130. The van der Waals surface area contributed by atoms with Crippen LogP contribution < -0.4 is 9.62 Å². The van der Waals surface area contributed by atoms with Gasteiger partial charge in [0, 0.05) is 21.6 Å². The Labute approximate surface area is 204 Å². The van der Waals surface area contributed by atoms with Gasteiger partial charge in [-0.05, 0) is 66.6 Å². The van der Waals surface area contributed by atoms with Crippen molar-refractivity contribution in [3.05, 3.63) is 86.8 Å². The minimum Gasteiger partial charge on any atom is -0.465 e. The summed E-state index contributed by atoms with van der Waals surface area (Å²) in [5, 5.41) is 3.20. The zero-order chi connectivity index (χ0) is 23.8. The summed E-state index contributed by atoms with van der Waals surface area (Å²) in [6.45, 7) is 0.288. The molecule has 1 amide bonds. The van der Waals surface area contributed by atoms with Crippen LogP contribution in [0.15, 0.2) is 70.0 Å². The Morgan fingerprint density at radius 2 is 1.88 bits per heavy atom. The standard InChI is InChI=1S/C23H18BrClN2O5S/c1-32-23(29)19-13-16(24)5-7-20(19)26-22(28)15-3-2-4-18(12-15)33(30,31)27-10-9-14-11-17(25)6-8-21(14)27/h2-8,11-13H,9-10H2,1H3,(H,26,28). The largest absolute Gasteiger partial charge is 0.465 e. The number of amides is 1. The molecule has 0 bridgehead atoms. The van der Waals surface area contributed by atoms with Crippen LogP contribution in [0.1, 0.15) is 26.3 Å². The predicted octanol–water partition coefficient (Wildman–Crippen LogP) is 4.89. The van der Waals surface area contributed by atoms with E-state index in [1.807, 2.05) is 0 Å². The van der Waals surface area contributed by atoms with Crippen LogP contribution in [0, 0.1) is 0 Å². The molecule has 0 spiro atoms. The zero-order valence-corrected chi connectivity index (χ0v) is 20.5. The van der Waals surface area contributed by atoms with Gasteiger partial charge in [-0.15, -0.1) is 0 Å². The van der Waals surface area contributed by atoms with Gasteiger partial charge in [0.1, 0.15) is 0 Å². The Balaban J connectivity index is 1.63. The topological polar surface area (TPSA) is 92.8 Å². The van der Waals surface area contributed by atoms with E-state index in [0.29, 0.717) is 21.6 Å². The molecule has 3 aromatic rings. The van der Waals surface area contributed by atoms with Crippen LogP contribution >= 0.6 is 27.5 Å². The van der Waals surface area contributed by atoms with Crippen molar-refractivity contribution >= 4 is 60.8 Å². The van der Waals surface area contributed by atoms with Crippen LogP contribution in [0.25, 0.3) is 0 Å². The molecule has 33 heavy (non-hydrogen) atoms. The monoisotopic (exact) mass is 548 g/mol. The van der Waals surface area contributed by atoms with E-state index in [4.69, 9.17) is 16.3 Å². The summed E-state index contributed by atoms with van der Waals surface area (Å²) in [6.07, 6.45) is 0.551. The lowest BCUT2D eigenvalue weighted by Gasteiger charge is -2.20. The number of nitrogens with one attached hydrogen (secondary N) is 1. The van der Waals surface area contributed by atoms with E-state index < -0.39 is 21.9 Å². The summed E-state index contributed by atoms with van der Waals surface area (Å²) in [7, 11) is -2.65. The highest BCUT2D eigenvalue weighted by Crippen LogP contribution is 2.34. The Bertz CT molecular complexity index is 1380. The smallest absolute Gasteiger partial charge is 0.340 e. The molecule has 0 atom stereocenters. The molecule has 0 radical (unpaired) electrons. The number of carbonyl (C=O) groups excluding carboxylic acids is 2. The van der Waals surface area contributed by atoms with Crippen molar-refractivity contribution in [2.24, 2.45) is 0 Å². The van der Waals surface area contributed by atoms with Gasteiger partial charge in [-0.3, -0.25) is 9.10 Å². The van der Waals surface area contributed by atoms with E-state index in [2.05, 4.69) is 21.2 Å².